The summed E-state index contributed by atoms with van der Waals surface area (Å²) in [6.45, 7) is 3.72. The van der Waals surface area contributed by atoms with Crippen LogP contribution in [0.15, 0.2) is 28.7 Å². The van der Waals surface area contributed by atoms with Gasteiger partial charge >= 0.3 is 0 Å². The van der Waals surface area contributed by atoms with E-state index in [-0.39, 0.29) is 11.9 Å². The molecule has 2 rings (SSSR count). The Hall–Kier alpha value is -1.97. The summed E-state index contributed by atoms with van der Waals surface area (Å²) in [5, 5.41) is 3.84. The normalized spacial score (nSPS) is 12.4. The van der Waals surface area contributed by atoms with E-state index >= 15 is 0 Å². The molecule has 4 heteroatoms. The van der Waals surface area contributed by atoms with Crippen LogP contribution in [0.4, 0.5) is 0 Å². The molecule has 1 amide bonds. The Morgan fingerprint density at radius 3 is 2.94 bits per heavy atom. The Labute approximate surface area is 106 Å². The van der Waals surface area contributed by atoms with E-state index in [1.54, 1.807) is 7.11 Å². The maximum atomic E-state index is 11.4. The third kappa shape index (κ3) is 2.32. The number of rotatable bonds is 4. The van der Waals surface area contributed by atoms with E-state index in [9.17, 15) is 4.79 Å². The molecule has 0 unspecified atom stereocenters. The fraction of sp³-hybridized carbons (Fsp3) is 0.357. The first kappa shape index (κ1) is 12.5. The van der Waals surface area contributed by atoms with Crippen LogP contribution >= 0.6 is 0 Å². The first-order chi connectivity index (χ1) is 8.65. The van der Waals surface area contributed by atoms with Crippen molar-refractivity contribution in [1.82, 2.24) is 5.32 Å². The summed E-state index contributed by atoms with van der Waals surface area (Å²) in [5.74, 6) is 1.44. The monoisotopic (exact) mass is 247 g/mol. The van der Waals surface area contributed by atoms with Gasteiger partial charge in [0.25, 0.3) is 0 Å². The molecule has 0 spiro atoms. The molecule has 2 aromatic rings. The van der Waals surface area contributed by atoms with Crippen molar-refractivity contribution in [2.24, 2.45) is 0 Å². The number of fused-ring (bicyclic) bond motifs is 1. The van der Waals surface area contributed by atoms with Crippen molar-refractivity contribution in [3.63, 3.8) is 0 Å². The van der Waals surface area contributed by atoms with Gasteiger partial charge in [-0.25, -0.2) is 0 Å². The SMILES string of the molecule is CCC(=O)N[C@@H](C)c1cc2cccc(OC)c2o1. The molecule has 0 saturated heterocycles. The number of carbonyl (C=O) groups excluding carboxylic acids is 1. The lowest BCUT2D eigenvalue weighted by molar-refractivity contribution is -0.121. The highest BCUT2D eigenvalue weighted by Crippen LogP contribution is 2.30. The summed E-state index contributed by atoms with van der Waals surface area (Å²) in [5.41, 5.74) is 0.715. The van der Waals surface area contributed by atoms with Crippen molar-refractivity contribution in [2.45, 2.75) is 26.3 Å². The maximum absolute atomic E-state index is 11.4. The van der Waals surface area contributed by atoms with Crippen molar-refractivity contribution in [2.75, 3.05) is 7.11 Å². The molecule has 1 aromatic carbocycles. The highest BCUT2D eigenvalue weighted by Gasteiger charge is 2.15. The van der Waals surface area contributed by atoms with Crippen molar-refractivity contribution >= 4 is 16.9 Å². The fourth-order valence-electron chi connectivity index (χ4n) is 1.85. The molecule has 0 fully saturated rings. The summed E-state index contributed by atoms with van der Waals surface area (Å²) in [7, 11) is 1.61. The zero-order chi connectivity index (χ0) is 13.1. The minimum Gasteiger partial charge on any atom is -0.493 e. The molecule has 0 aliphatic carbocycles. The molecule has 4 nitrogen and oxygen atoms in total. The van der Waals surface area contributed by atoms with Gasteiger partial charge in [-0.3, -0.25) is 4.79 Å². The summed E-state index contributed by atoms with van der Waals surface area (Å²) in [6.07, 6.45) is 0.466. The number of furan rings is 1. The van der Waals surface area contributed by atoms with E-state index in [0.29, 0.717) is 17.8 Å². The number of amides is 1. The van der Waals surface area contributed by atoms with Gasteiger partial charge in [0.1, 0.15) is 5.76 Å². The van der Waals surface area contributed by atoms with Gasteiger partial charge in [-0.15, -0.1) is 0 Å². The van der Waals surface area contributed by atoms with Crippen LogP contribution < -0.4 is 10.1 Å². The lowest BCUT2D eigenvalue weighted by Gasteiger charge is -2.09. The third-order valence-corrected chi connectivity index (χ3v) is 2.87. The van der Waals surface area contributed by atoms with E-state index in [4.69, 9.17) is 9.15 Å². The minimum atomic E-state index is -0.144. The van der Waals surface area contributed by atoms with Gasteiger partial charge < -0.3 is 14.5 Å². The number of ether oxygens (including phenoxy) is 1. The first-order valence-electron chi connectivity index (χ1n) is 6.01. The highest BCUT2D eigenvalue weighted by molar-refractivity contribution is 5.84. The predicted octanol–water partition coefficient (Wildman–Crippen LogP) is 3.03. The predicted molar refractivity (Wildman–Crippen MR) is 69.6 cm³/mol. The molecule has 1 atom stereocenters. The van der Waals surface area contributed by atoms with Crippen molar-refractivity contribution in [3.05, 3.63) is 30.0 Å². The van der Waals surface area contributed by atoms with Crippen LogP contribution in [0, 0.1) is 0 Å². The van der Waals surface area contributed by atoms with Gasteiger partial charge in [-0.05, 0) is 19.1 Å². The number of para-hydroxylation sites is 1. The van der Waals surface area contributed by atoms with Crippen LogP contribution in [0.2, 0.25) is 0 Å². The molecular formula is C14H17NO3. The van der Waals surface area contributed by atoms with Crippen LogP contribution in [0.3, 0.4) is 0 Å². The molecule has 18 heavy (non-hydrogen) atoms. The molecule has 0 aliphatic rings. The molecule has 1 N–H and O–H groups in total. The van der Waals surface area contributed by atoms with E-state index in [0.717, 1.165) is 11.1 Å². The average molecular weight is 247 g/mol. The number of benzene rings is 1. The lowest BCUT2D eigenvalue weighted by Crippen LogP contribution is -2.25. The molecule has 1 heterocycles. The third-order valence-electron chi connectivity index (χ3n) is 2.87. The minimum absolute atomic E-state index is 0.00919. The smallest absolute Gasteiger partial charge is 0.220 e. The summed E-state index contributed by atoms with van der Waals surface area (Å²) >= 11 is 0. The Morgan fingerprint density at radius 2 is 2.28 bits per heavy atom. The highest BCUT2D eigenvalue weighted by atomic mass is 16.5. The maximum Gasteiger partial charge on any atom is 0.220 e. The second-order valence-electron chi connectivity index (χ2n) is 4.17. The van der Waals surface area contributed by atoms with Gasteiger partial charge in [-0.1, -0.05) is 19.1 Å². The van der Waals surface area contributed by atoms with Gasteiger partial charge in [0.2, 0.25) is 5.91 Å². The number of methoxy groups -OCH3 is 1. The Balaban J connectivity index is 2.32. The number of nitrogens with one attached hydrogen (secondary N) is 1. The van der Waals surface area contributed by atoms with E-state index < -0.39 is 0 Å². The quantitative estimate of drug-likeness (QED) is 0.903. The van der Waals surface area contributed by atoms with Gasteiger partial charge in [0.05, 0.1) is 13.2 Å². The first-order valence-corrected chi connectivity index (χ1v) is 6.01. The zero-order valence-corrected chi connectivity index (χ0v) is 10.8. The number of hydrogen-bond donors (Lipinski definition) is 1. The molecule has 0 radical (unpaired) electrons. The van der Waals surface area contributed by atoms with Crippen molar-refractivity contribution < 1.29 is 13.9 Å². The van der Waals surface area contributed by atoms with E-state index in [1.165, 1.54) is 0 Å². The Morgan fingerprint density at radius 1 is 1.50 bits per heavy atom. The van der Waals surface area contributed by atoms with Gasteiger partial charge in [0.15, 0.2) is 11.3 Å². The van der Waals surface area contributed by atoms with Crippen LogP contribution in [0.1, 0.15) is 32.1 Å². The molecule has 0 aliphatic heterocycles. The van der Waals surface area contributed by atoms with Crippen LogP contribution in [-0.4, -0.2) is 13.0 Å². The van der Waals surface area contributed by atoms with Crippen LogP contribution in [0.25, 0.3) is 11.0 Å². The summed E-state index contributed by atoms with van der Waals surface area (Å²) in [6, 6.07) is 7.51. The molecule has 0 saturated carbocycles. The summed E-state index contributed by atoms with van der Waals surface area (Å²) in [4.78, 5) is 11.4. The van der Waals surface area contributed by atoms with Gasteiger partial charge in [-0.2, -0.15) is 0 Å². The Kier molecular flexibility index (Phi) is 3.55. The largest absolute Gasteiger partial charge is 0.493 e. The second kappa shape index (κ2) is 5.12. The summed E-state index contributed by atoms with van der Waals surface area (Å²) < 4.78 is 11.0. The van der Waals surface area contributed by atoms with Crippen LogP contribution in [-0.2, 0) is 4.79 Å². The Bertz CT molecular complexity index is 559. The second-order valence-corrected chi connectivity index (χ2v) is 4.17. The van der Waals surface area contributed by atoms with E-state index in [1.807, 2.05) is 38.1 Å². The standard InChI is InChI=1S/C14H17NO3/c1-4-13(16)15-9(2)12-8-10-6-5-7-11(17-3)14(10)18-12/h5-9H,4H2,1-3H3,(H,15,16)/t9-/m0/s1. The molecule has 96 valence electrons. The molecular weight excluding hydrogens is 230 g/mol. The van der Waals surface area contributed by atoms with Crippen molar-refractivity contribution in [3.8, 4) is 5.75 Å². The molecule has 1 aromatic heterocycles. The number of carbonyl (C=O) groups is 1. The average Bonchev–Trinajstić information content (AvgIpc) is 2.82. The number of hydrogen-bond acceptors (Lipinski definition) is 3. The lowest BCUT2D eigenvalue weighted by atomic mass is 10.2. The van der Waals surface area contributed by atoms with Gasteiger partial charge in [0, 0.05) is 11.8 Å². The zero-order valence-electron chi connectivity index (χ0n) is 10.8. The fourth-order valence-corrected chi connectivity index (χ4v) is 1.85. The molecule has 0 bridgehead atoms. The van der Waals surface area contributed by atoms with Crippen LogP contribution in [0.5, 0.6) is 5.75 Å². The van der Waals surface area contributed by atoms with Crippen molar-refractivity contribution in [1.29, 1.82) is 0 Å². The topological polar surface area (TPSA) is 51.5 Å². The van der Waals surface area contributed by atoms with E-state index in [2.05, 4.69) is 5.32 Å².